The Morgan fingerprint density at radius 1 is 1.58 bits per heavy atom. The molecule has 0 saturated carbocycles. The third-order valence-corrected chi connectivity index (χ3v) is 5.77. The smallest absolute Gasteiger partial charge is 0.262 e. The van der Waals surface area contributed by atoms with E-state index in [1.807, 2.05) is 6.92 Å². The van der Waals surface area contributed by atoms with E-state index in [0.29, 0.717) is 6.54 Å². The summed E-state index contributed by atoms with van der Waals surface area (Å²) in [5.41, 5.74) is 0. The van der Waals surface area contributed by atoms with Crippen LogP contribution in [0.15, 0.2) is 11.2 Å². The number of imidazole rings is 1. The molecule has 2 atom stereocenters. The number of rotatable bonds is 3. The van der Waals surface area contributed by atoms with Gasteiger partial charge in [-0.2, -0.15) is 4.31 Å². The van der Waals surface area contributed by atoms with Gasteiger partial charge in [0.1, 0.15) is 0 Å². The Hall–Kier alpha value is -0.630. The molecule has 1 aromatic rings. The molecule has 19 heavy (non-hydrogen) atoms. The third-order valence-electron chi connectivity index (χ3n) is 3.62. The molecule has 1 aliphatic heterocycles. The van der Waals surface area contributed by atoms with E-state index in [1.165, 1.54) is 15.1 Å². The first-order chi connectivity index (χ1) is 8.87. The van der Waals surface area contributed by atoms with Gasteiger partial charge >= 0.3 is 0 Å². The minimum atomic E-state index is -3.70. The van der Waals surface area contributed by atoms with E-state index < -0.39 is 10.0 Å². The van der Waals surface area contributed by atoms with Crippen LogP contribution >= 0.6 is 11.6 Å². The lowest BCUT2D eigenvalue weighted by molar-refractivity contribution is 0.113. The molecule has 1 fully saturated rings. The van der Waals surface area contributed by atoms with Gasteiger partial charge in [-0.1, -0.05) is 6.92 Å². The fourth-order valence-electron chi connectivity index (χ4n) is 2.44. The summed E-state index contributed by atoms with van der Waals surface area (Å²) in [6, 6.07) is -0.389. The molecule has 0 aromatic carbocycles. The lowest BCUT2D eigenvalue weighted by Gasteiger charge is -2.37. The lowest BCUT2D eigenvalue weighted by atomic mass is 9.93. The molecule has 1 saturated heterocycles. The highest BCUT2D eigenvalue weighted by atomic mass is 35.5. The Morgan fingerprint density at radius 2 is 2.26 bits per heavy atom. The van der Waals surface area contributed by atoms with Crippen molar-refractivity contribution >= 4 is 21.6 Å². The average molecular weight is 308 g/mol. The van der Waals surface area contributed by atoms with Crippen LogP contribution in [0.1, 0.15) is 19.8 Å². The van der Waals surface area contributed by atoms with Crippen molar-refractivity contribution in [2.45, 2.75) is 30.8 Å². The van der Waals surface area contributed by atoms with Crippen LogP contribution in [0.2, 0.25) is 5.28 Å². The van der Waals surface area contributed by atoms with E-state index in [9.17, 15) is 13.5 Å². The van der Waals surface area contributed by atoms with Crippen molar-refractivity contribution in [1.82, 2.24) is 13.9 Å². The van der Waals surface area contributed by atoms with Crippen LogP contribution in [0.5, 0.6) is 0 Å². The topological polar surface area (TPSA) is 75.4 Å². The molecule has 1 aliphatic rings. The van der Waals surface area contributed by atoms with Gasteiger partial charge in [-0.3, -0.25) is 0 Å². The van der Waals surface area contributed by atoms with E-state index >= 15 is 0 Å². The molecule has 1 aromatic heterocycles. The first kappa shape index (κ1) is 14.8. The SMILES string of the molecule is CC1CCCN(S(=O)(=O)c2cn(C)c(Cl)n2)C1CO. The van der Waals surface area contributed by atoms with E-state index in [2.05, 4.69) is 4.98 Å². The lowest BCUT2D eigenvalue weighted by Crippen LogP contribution is -2.49. The average Bonchev–Trinajstić information content (AvgIpc) is 2.70. The number of nitrogens with zero attached hydrogens (tertiary/aromatic N) is 3. The standard InChI is InChI=1S/C11H18ClN3O3S/c1-8-4-3-5-15(9(8)7-16)19(17,18)10-6-14(2)11(12)13-10/h6,8-9,16H,3-5,7H2,1-2H3. The number of halogens is 1. The van der Waals surface area contributed by atoms with Crippen LogP contribution in [0.25, 0.3) is 0 Å². The number of hydrogen-bond donors (Lipinski definition) is 1. The number of aryl methyl sites for hydroxylation is 1. The summed E-state index contributed by atoms with van der Waals surface area (Å²) in [6.07, 6.45) is 3.10. The second-order valence-corrected chi connectivity index (χ2v) is 7.12. The molecular formula is C11H18ClN3O3S. The van der Waals surface area contributed by atoms with Gasteiger partial charge in [-0.15, -0.1) is 0 Å². The first-order valence-corrected chi connectivity index (χ1v) is 8.01. The van der Waals surface area contributed by atoms with Gasteiger partial charge < -0.3 is 9.67 Å². The first-order valence-electron chi connectivity index (χ1n) is 6.19. The van der Waals surface area contributed by atoms with Gasteiger partial charge in [0.05, 0.1) is 12.6 Å². The van der Waals surface area contributed by atoms with E-state index in [4.69, 9.17) is 11.6 Å². The van der Waals surface area contributed by atoms with Crippen molar-refractivity contribution in [1.29, 1.82) is 0 Å². The Labute approximate surface area is 118 Å². The highest BCUT2D eigenvalue weighted by molar-refractivity contribution is 7.89. The maximum Gasteiger partial charge on any atom is 0.262 e. The zero-order chi connectivity index (χ0) is 14.2. The van der Waals surface area contributed by atoms with Gasteiger partial charge in [-0.05, 0) is 30.4 Å². The van der Waals surface area contributed by atoms with Gasteiger partial charge in [0, 0.05) is 19.8 Å². The van der Waals surface area contributed by atoms with Crippen molar-refractivity contribution in [3.63, 3.8) is 0 Å². The molecular weight excluding hydrogens is 290 g/mol. The quantitative estimate of drug-likeness (QED) is 0.898. The predicted octanol–water partition coefficient (Wildman–Crippen LogP) is 0.855. The summed E-state index contributed by atoms with van der Waals surface area (Å²) in [5.74, 6) is 0.132. The van der Waals surface area contributed by atoms with E-state index in [-0.39, 0.29) is 28.9 Å². The Balaban J connectivity index is 2.37. The highest BCUT2D eigenvalue weighted by Crippen LogP contribution is 2.28. The normalized spacial score (nSPS) is 25.7. The number of piperidine rings is 1. The molecule has 6 nitrogen and oxygen atoms in total. The molecule has 0 bridgehead atoms. The molecule has 8 heteroatoms. The van der Waals surface area contributed by atoms with Gasteiger partial charge in [0.25, 0.3) is 10.0 Å². The van der Waals surface area contributed by atoms with Crippen LogP contribution in [0.3, 0.4) is 0 Å². The second-order valence-electron chi connectivity index (χ2n) is 4.94. The Morgan fingerprint density at radius 3 is 2.79 bits per heavy atom. The van der Waals surface area contributed by atoms with Gasteiger partial charge in [0.2, 0.25) is 5.28 Å². The maximum absolute atomic E-state index is 12.5. The molecule has 0 amide bonds. The highest BCUT2D eigenvalue weighted by Gasteiger charge is 2.38. The fraction of sp³-hybridized carbons (Fsp3) is 0.727. The molecule has 2 heterocycles. The van der Waals surface area contributed by atoms with Crippen LogP contribution in [0, 0.1) is 5.92 Å². The van der Waals surface area contributed by atoms with Gasteiger partial charge in [-0.25, -0.2) is 13.4 Å². The number of aliphatic hydroxyl groups is 1. The van der Waals surface area contributed by atoms with Crippen LogP contribution in [-0.2, 0) is 17.1 Å². The minimum Gasteiger partial charge on any atom is -0.395 e. The molecule has 2 unspecified atom stereocenters. The number of hydrogen-bond acceptors (Lipinski definition) is 4. The van der Waals surface area contributed by atoms with E-state index in [1.54, 1.807) is 7.05 Å². The molecule has 2 rings (SSSR count). The number of sulfonamides is 1. The summed E-state index contributed by atoms with van der Waals surface area (Å²) >= 11 is 5.79. The number of aliphatic hydroxyl groups excluding tert-OH is 1. The maximum atomic E-state index is 12.5. The fourth-order valence-corrected chi connectivity index (χ4v) is 4.37. The van der Waals surface area contributed by atoms with Crippen molar-refractivity contribution in [2.75, 3.05) is 13.2 Å². The summed E-state index contributed by atoms with van der Waals surface area (Å²) in [7, 11) is -2.07. The summed E-state index contributed by atoms with van der Waals surface area (Å²) in [6.45, 7) is 2.18. The summed E-state index contributed by atoms with van der Waals surface area (Å²) in [5, 5.41) is 9.51. The molecule has 0 spiro atoms. The molecule has 0 radical (unpaired) electrons. The van der Waals surface area contributed by atoms with Crippen molar-refractivity contribution in [3.05, 3.63) is 11.5 Å². The molecule has 108 valence electrons. The number of aromatic nitrogens is 2. The minimum absolute atomic E-state index is 0.0625. The van der Waals surface area contributed by atoms with Crippen molar-refractivity contribution in [3.8, 4) is 0 Å². The van der Waals surface area contributed by atoms with Crippen molar-refractivity contribution in [2.24, 2.45) is 13.0 Å². The largest absolute Gasteiger partial charge is 0.395 e. The molecule has 0 aliphatic carbocycles. The van der Waals surface area contributed by atoms with Crippen molar-refractivity contribution < 1.29 is 13.5 Å². The van der Waals surface area contributed by atoms with Gasteiger partial charge in [0.15, 0.2) is 5.03 Å². The van der Waals surface area contributed by atoms with Crippen LogP contribution < -0.4 is 0 Å². The van der Waals surface area contributed by atoms with Crippen LogP contribution in [-0.4, -0.2) is 46.6 Å². The monoisotopic (exact) mass is 307 g/mol. The zero-order valence-corrected chi connectivity index (χ0v) is 12.5. The summed E-state index contributed by atoms with van der Waals surface area (Å²) in [4.78, 5) is 3.87. The Bertz CT molecular complexity index is 538. The Kier molecular flexibility index (Phi) is 4.20. The third kappa shape index (κ3) is 2.65. The zero-order valence-electron chi connectivity index (χ0n) is 11.0. The van der Waals surface area contributed by atoms with E-state index in [0.717, 1.165) is 12.8 Å². The predicted molar refractivity (Wildman–Crippen MR) is 71.4 cm³/mol. The second kappa shape index (κ2) is 5.40. The summed E-state index contributed by atoms with van der Waals surface area (Å²) < 4.78 is 27.9. The molecule has 1 N–H and O–H groups in total. The van der Waals surface area contributed by atoms with Crippen LogP contribution in [0.4, 0.5) is 0 Å².